The van der Waals surface area contributed by atoms with Gasteiger partial charge >= 0.3 is 0 Å². The van der Waals surface area contributed by atoms with Crippen LogP contribution in [-0.2, 0) is 4.79 Å². The van der Waals surface area contributed by atoms with Crippen LogP contribution in [0.5, 0.6) is 0 Å². The van der Waals surface area contributed by atoms with E-state index in [1.54, 1.807) is 0 Å². The quantitative estimate of drug-likeness (QED) is 0.838. The van der Waals surface area contributed by atoms with Crippen molar-refractivity contribution in [3.8, 4) is 0 Å². The number of carbonyl (C=O) groups is 1. The summed E-state index contributed by atoms with van der Waals surface area (Å²) in [6.07, 6.45) is 4.42. The average molecular weight is 290 g/mol. The van der Waals surface area contributed by atoms with Crippen LogP contribution in [0.25, 0.3) is 0 Å². The Morgan fingerprint density at radius 1 is 1.52 bits per heavy atom. The summed E-state index contributed by atoms with van der Waals surface area (Å²) >= 11 is 0. The van der Waals surface area contributed by atoms with Crippen LogP contribution in [0.1, 0.15) is 44.7 Å². The van der Waals surface area contributed by atoms with Gasteiger partial charge in [0.25, 0.3) is 0 Å². The van der Waals surface area contributed by atoms with Crippen LogP contribution >= 0.6 is 0 Å². The molecule has 0 aliphatic carbocycles. The highest BCUT2D eigenvalue weighted by molar-refractivity contribution is 5.74. The largest absolute Gasteiger partial charge is 0.370 e. The van der Waals surface area contributed by atoms with Gasteiger partial charge in [0, 0.05) is 31.7 Å². The average Bonchev–Trinajstić information content (AvgIpc) is 2.48. The van der Waals surface area contributed by atoms with Gasteiger partial charge in [-0.2, -0.15) is 0 Å². The monoisotopic (exact) mass is 290 g/mol. The molecule has 1 saturated heterocycles. The van der Waals surface area contributed by atoms with Gasteiger partial charge in [0.1, 0.15) is 5.82 Å². The number of primary amides is 1. The number of hydrogen-bond donors (Lipinski definition) is 2. The van der Waals surface area contributed by atoms with Crippen molar-refractivity contribution in [1.82, 2.24) is 10.3 Å². The van der Waals surface area contributed by atoms with E-state index in [9.17, 15) is 4.79 Å². The zero-order valence-corrected chi connectivity index (χ0v) is 13.0. The van der Waals surface area contributed by atoms with Crippen molar-refractivity contribution in [2.45, 2.75) is 39.2 Å². The molecule has 1 aliphatic heterocycles. The number of nitrogens with one attached hydrogen (secondary N) is 1. The minimum absolute atomic E-state index is 0.187. The Bertz CT molecular complexity index is 469. The molecule has 116 valence electrons. The molecule has 3 N–H and O–H groups in total. The molecule has 1 fully saturated rings. The molecule has 1 amide bonds. The third-order valence-corrected chi connectivity index (χ3v) is 4.21. The Labute approximate surface area is 126 Å². The summed E-state index contributed by atoms with van der Waals surface area (Å²) in [5.41, 5.74) is 6.54. The fourth-order valence-corrected chi connectivity index (χ4v) is 2.95. The van der Waals surface area contributed by atoms with Crippen LogP contribution in [0, 0.1) is 5.92 Å². The molecule has 0 bridgehead atoms. The van der Waals surface area contributed by atoms with Gasteiger partial charge < -0.3 is 16.0 Å². The SMILES string of the molecule is CCNC(C)c1ccnc(N2CCC(CC(N)=O)CC2)c1. The number of hydrogen-bond acceptors (Lipinski definition) is 4. The van der Waals surface area contributed by atoms with Gasteiger partial charge in [0.2, 0.25) is 5.91 Å². The zero-order chi connectivity index (χ0) is 15.2. The van der Waals surface area contributed by atoms with Crippen molar-refractivity contribution < 1.29 is 4.79 Å². The van der Waals surface area contributed by atoms with Crippen molar-refractivity contribution in [2.24, 2.45) is 11.7 Å². The molecule has 2 rings (SSSR count). The van der Waals surface area contributed by atoms with Crippen molar-refractivity contribution in [3.63, 3.8) is 0 Å². The van der Waals surface area contributed by atoms with Crippen LogP contribution in [0.4, 0.5) is 5.82 Å². The molecule has 5 heteroatoms. The van der Waals surface area contributed by atoms with Gasteiger partial charge in [-0.15, -0.1) is 0 Å². The maximum atomic E-state index is 11.0. The normalized spacial score (nSPS) is 17.7. The van der Waals surface area contributed by atoms with Crippen LogP contribution in [0.15, 0.2) is 18.3 Å². The second kappa shape index (κ2) is 7.41. The molecular formula is C16H26N4O. The molecule has 0 radical (unpaired) electrons. The third kappa shape index (κ3) is 4.43. The van der Waals surface area contributed by atoms with Crippen LogP contribution in [-0.4, -0.2) is 30.5 Å². The predicted octanol–water partition coefficient (Wildman–Crippen LogP) is 1.84. The number of rotatable bonds is 6. The fourth-order valence-electron chi connectivity index (χ4n) is 2.95. The second-order valence-corrected chi connectivity index (χ2v) is 5.83. The van der Waals surface area contributed by atoms with Crippen molar-refractivity contribution in [3.05, 3.63) is 23.9 Å². The molecule has 1 atom stereocenters. The zero-order valence-electron chi connectivity index (χ0n) is 13.0. The number of anilines is 1. The second-order valence-electron chi connectivity index (χ2n) is 5.83. The van der Waals surface area contributed by atoms with E-state index in [1.165, 1.54) is 5.56 Å². The first-order valence-electron chi connectivity index (χ1n) is 7.82. The lowest BCUT2D eigenvalue weighted by Gasteiger charge is -2.32. The molecule has 0 saturated carbocycles. The Morgan fingerprint density at radius 2 is 2.24 bits per heavy atom. The van der Waals surface area contributed by atoms with Crippen LogP contribution < -0.4 is 16.0 Å². The van der Waals surface area contributed by atoms with Gasteiger partial charge in [0.15, 0.2) is 0 Å². The van der Waals surface area contributed by atoms with E-state index in [0.29, 0.717) is 18.4 Å². The molecule has 1 aliphatic rings. The Balaban J connectivity index is 1.97. The summed E-state index contributed by atoms with van der Waals surface area (Å²) in [6.45, 7) is 7.13. The molecule has 21 heavy (non-hydrogen) atoms. The van der Waals surface area contributed by atoms with E-state index in [-0.39, 0.29) is 5.91 Å². The number of nitrogens with zero attached hydrogens (tertiary/aromatic N) is 2. The highest BCUT2D eigenvalue weighted by atomic mass is 16.1. The number of pyridine rings is 1. The van der Waals surface area contributed by atoms with Gasteiger partial charge in [-0.05, 0) is 49.9 Å². The van der Waals surface area contributed by atoms with E-state index in [1.807, 2.05) is 6.20 Å². The molecule has 5 nitrogen and oxygen atoms in total. The minimum atomic E-state index is -0.187. The number of aromatic nitrogens is 1. The summed E-state index contributed by atoms with van der Waals surface area (Å²) in [4.78, 5) is 17.8. The van der Waals surface area contributed by atoms with Gasteiger partial charge in [-0.3, -0.25) is 4.79 Å². The van der Waals surface area contributed by atoms with E-state index >= 15 is 0 Å². The number of piperidine rings is 1. The number of amides is 1. The summed E-state index contributed by atoms with van der Waals surface area (Å²) in [5.74, 6) is 1.28. The Morgan fingerprint density at radius 3 is 2.86 bits per heavy atom. The van der Waals surface area contributed by atoms with Crippen LogP contribution in [0.2, 0.25) is 0 Å². The highest BCUT2D eigenvalue weighted by Crippen LogP contribution is 2.25. The highest BCUT2D eigenvalue weighted by Gasteiger charge is 2.21. The van der Waals surface area contributed by atoms with Crippen LogP contribution in [0.3, 0.4) is 0 Å². The van der Waals surface area contributed by atoms with Crippen molar-refractivity contribution in [1.29, 1.82) is 0 Å². The Kier molecular flexibility index (Phi) is 5.56. The van der Waals surface area contributed by atoms with Gasteiger partial charge in [0.05, 0.1) is 0 Å². The lowest BCUT2D eigenvalue weighted by atomic mass is 9.93. The molecule has 1 unspecified atom stereocenters. The fraction of sp³-hybridized carbons (Fsp3) is 0.625. The predicted molar refractivity (Wildman–Crippen MR) is 85.1 cm³/mol. The molecule has 0 spiro atoms. The molecule has 0 aromatic carbocycles. The molecular weight excluding hydrogens is 264 g/mol. The van der Waals surface area contributed by atoms with Crippen molar-refractivity contribution in [2.75, 3.05) is 24.5 Å². The molecule has 2 heterocycles. The lowest BCUT2D eigenvalue weighted by Crippen LogP contribution is -2.35. The summed E-state index contributed by atoms with van der Waals surface area (Å²) in [6, 6.07) is 4.57. The molecule has 1 aromatic rings. The summed E-state index contributed by atoms with van der Waals surface area (Å²) in [7, 11) is 0. The van der Waals surface area contributed by atoms with Gasteiger partial charge in [-0.1, -0.05) is 6.92 Å². The standard InChI is InChI=1S/C16H26N4O/c1-3-18-12(2)14-4-7-19-16(11-14)20-8-5-13(6-9-20)10-15(17)21/h4,7,11-13,18H,3,5-6,8-10H2,1-2H3,(H2,17,21). The third-order valence-electron chi connectivity index (χ3n) is 4.21. The first-order chi connectivity index (χ1) is 10.1. The first kappa shape index (κ1) is 15.8. The number of nitrogens with two attached hydrogens (primary N) is 1. The summed E-state index contributed by atoms with van der Waals surface area (Å²) in [5, 5.41) is 3.42. The Hall–Kier alpha value is -1.62. The maximum Gasteiger partial charge on any atom is 0.217 e. The summed E-state index contributed by atoms with van der Waals surface area (Å²) < 4.78 is 0. The lowest BCUT2D eigenvalue weighted by molar-refractivity contribution is -0.119. The maximum absolute atomic E-state index is 11.0. The van der Waals surface area contributed by atoms with Crippen molar-refractivity contribution >= 4 is 11.7 Å². The van der Waals surface area contributed by atoms with Gasteiger partial charge in [-0.25, -0.2) is 4.98 Å². The van der Waals surface area contributed by atoms with E-state index < -0.39 is 0 Å². The van der Waals surface area contributed by atoms with E-state index in [2.05, 4.69) is 41.2 Å². The number of carbonyl (C=O) groups excluding carboxylic acids is 1. The first-order valence-corrected chi connectivity index (χ1v) is 7.82. The van der Waals surface area contributed by atoms with E-state index in [4.69, 9.17) is 5.73 Å². The van der Waals surface area contributed by atoms with E-state index in [0.717, 1.165) is 38.3 Å². The molecule has 1 aromatic heterocycles. The minimum Gasteiger partial charge on any atom is -0.370 e. The topological polar surface area (TPSA) is 71.2 Å². The smallest absolute Gasteiger partial charge is 0.217 e.